The van der Waals surface area contributed by atoms with Crippen LogP contribution in [0.1, 0.15) is 54.4 Å². The minimum Gasteiger partial charge on any atom is -0.512 e. The molecule has 0 fully saturated rings. The molecule has 0 spiro atoms. The first-order valence-electron chi connectivity index (χ1n) is 14.9. The molecule has 4 aromatic rings. The maximum absolute atomic E-state index is 13.6. The Labute approximate surface area is 261 Å². The van der Waals surface area contributed by atoms with E-state index in [-0.39, 0.29) is 36.0 Å². The molecule has 0 radical (unpaired) electrons. The second kappa shape index (κ2) is 14.2. The van der Waals surface area contributed by atoms with Gasteiger partial charge in [-0.15, -0.1) is 0 Å². The van der Waals surface area contributed by atoms with Crippen molar-refractivity contribution in [2.45, 2.75) is 57.2 Å². The zero-order valence-electron chi connectivity index (χ0n) is 25.0. The number of hydrogen-bond acceptors (Lipinski definition) is 5. The highest BCUT2D eigenvalue weighted by Crippen LogP contribution is 2.41. The van der Waals surface area contributed by atoms with E-state index in [1.54, 1.807) is 49.4 Å². The Hall–Kier alpha value is -4.98. The molecule has 0 aliphatic carbocycles. The van der Waals surface area contributed by atoms with Gasteiger partial charge in [0.25, 0.3) is 0 Å². The van der Waals surface area contributed by atoms with Crippen LogP contribution in [0.3, 0.4) is 0 Å². The van der Waals surface area contributed by atoms with Gasteiger partial charge in [0.1, 0.15) is 29.6 Å². The number of benzene rings is 4. The van der Waals surface area contributed by atoms with Crippen molar-refractivity contribution in [3.05, 3.63) is 148 Å². The smallest absolute Gasteiger partial charge is 0.411 e. The Bertz CT molecular complexity index is 1600. The summed E-state index contributed by atoms with van der Waals surface area (Å²) < 4.78 is 38.4. The summed E-state index contributed by atoms with van der Waals surface area (Å²) in [5.74, 6) is -1.89. The summed E-state index contributed by atoms with van der Waals surface area (Å²) in [7, 11) is 0. The van der Waals surface area contributed by atoms with Crippen LogP contribution < -0.4 is 5.32 Å². The maximum Gasteiger partial charge on any atom is 0.411 e. The Balaban J connectivity index is 1.31. The predicted octanol–water partition coefficient (Wildman–Crippen LogP) is 8.58. The van der Waals surface area contributed by atoms with Gasteiger partial charge in [0.2, 0.25) is 0 Å². The lowest BCUT2D eigenvalue weighted by molar-refractivity contribution is -0.161. The van der Waals surface area contributed by atoms with Gasteiger partial charge < -0.3 is 14.6 Å². The second-order valence-electron chi connectivity index (χ2n) is 11.4. The summed E-state index contributed by atoms with van der Waals surface area (Å²) in [6, 6.07) is 28.6. The van der Waals surface area contributed by atoms with E-state index < -0.39 is 23.6 Å². The quantitative estimate of drug-likeness (QED) is 0.166. The van der Waals surface area contributed by atoms with Crippen molar-refractivity contribution in [1.29, 1.82) is 0 Å². The lowest BCUT2D eigenvalue weighted by atomic mass is 9.80. The first kappa shape index (κ1) is 31.4. The monoisotopic (exact) mass is 611 g/mol. The molecule has 0 bridgehead atoms. The van der Waals surface area contributed by atoms with Gasteiger partial charge >= 0.3 is 12.1 Å². The maximum atomic E-state index is 13.6. The molecule has 6 nitrogen and oxygen atoms in total. The summed E-state index contributed by atoms with van der Waals surface area (Å²) in [6.07, 6.45) is 1.30. The van der Waals surface area contributed by atoms with E-state index >= 15 is 0 Å². The Kier molecular flexibility index (Phi) is 9.92. The van der Waals surface area contributed by atoms with Gasteiger partial charge in [-0.05, 0) is 84.3 Å². The number of esters is 1. The summed E-state index contributed by atoms with van der Waals surface area (Å²) in [4.78, 5) is 26.0. The van der Waals surface area contributed by atoms with Crippen molar-refractivity contribution in [2.75, 3.05) is 5.32 Å². The molecule has 2 N–H and O–H groups in total. The van der Waals surface area contributed by atoms with E-state index in [4.69, 9.17) is 9.47 Å². The van der Waals surface area contributed by atoms with Crippen molar-refractivity contribution in [1.82, 2.24) is 0 Å². The van der Waals surface area contributed by atoms with Crippen molar-refractivity contribution in [3.63, 3.8) is 0 Å². The standard InChI is InChI=1S/C37H35F2NO5/c1-25(29-8-5-9-32(22-29)40-36(43)44-24-28-6-3-2-4-7-28)34-33(41)23-37(45-35(34)42,20-18-26-10-14-30(38)15-11-26)21-19-27-12-16-31(39)17-13-27/h2-17,22,25,41H,18-21,23-24H2,1H3,(H,40,43). The van der Waals surface area contributed by atoms with Crippen molar-refractivity contribution in [3.8, 4) is 0 Å². The van der Waals surface area contributed by atoms with Gasteiger partial charge in [0.15, 0.2) is 0 Å². The third-order valence-electron chi connectivity index (χ3n) is 8.17. The number of ether oxygens (including phenoxy) is 2. The first-order valence-corrected chi connectivity index (χ1v) is 14.9. The first-order chi connectivity index (χ1) is 21.7. The van der Waals surface area contributed by atoms with Crippen LogP contribution in [0, 0.1) is 11.6 Å². The molecule has 1 amide bonds. The molecule has 1 heterocycles. The summed E-state index contributed by atoms with van der Waals surface area (Å²) >= 11 is 0. The molecule has 0 saturated carbocycles. The minimum absolute atomic E-state index is 0.0578. The zero-order chi connectivity index (χ0) is 31.8. The van der Waals surface area contributed by atoms with E-state index in [0.29, 0.717) is 36.9 Å². The normalized spacial score (nSPS) is 14.9. The number of amides is 1. The number of aliphatic hydroxyl groups is 1. The molecular weight excluding hydrogens is 576 g/mol. The van der Waals surface area contributed by atoms with Gasteiger partial charge in [-0.25, -0.2) is 18.4 Å². The fourth-order valence-corrected chi connectivity index (χ4v) is 5.61. The number of carbonyl (C=O) groups excluding carboxylic acids is 2. The Morgan fingerprint density at radius 2 is 1.47 bits per heavy atom. The van der Waals surface area contributed by atoms with Crippen LogP contribution in [0.2, 0.25) is 0 Å². The Morgan fingerprint density at radius 1 is 0.867 bits per heavy atom. The van der Waals surface area contributed by atoms with Crippen LogP contribution in [0.4, 0.5) is 19.3 Å². The molecule has 8 heteroatoms. The molecule has 0 saturated heterocycles. The fourth-order valence-electron chi connectivity index (χ4n) is 5.61. The summed E-state index contributed by atoms with van der Waals surface area (Å²) in [5, 5.41) is 14.1. The van der Waals surface area contributed by atoms with Crippen molar-refractivity contribution >= 4 is 17.7 Å². The third kappa shape index (κ3) is 8.35. The number of carbonyl (C=O) groups is 2. The molecule has 1 aliphatic heterocycles. The second-order valence-corrected chi connectivity index (χ2v) is 11.4. The van der Waals surface area contributed by atoms with Gasteiger partial charge in [0.05, 0.1) is 5.57 Å². The number of hydrogen-bond donors (Lipinski definition) is 2. The number of cyclic esters (lactones) is 1. The highest BCUT2D eigenvalue weighted by Gasteiger charge is 2.43. The van der Waals surface area contributed by atoms with Gasteiger partial charge in [0, 0.05) is 18.0 Å². The largest absolute Gasteiger partial charge is 0.512 e. The Morgan fingerprint density at radius 3 is 2.04 bits per heavy atom. The highest BCUT2D eigenvalue weighted by molar-refractivity contribution is 5.92. The zero-order valence-corrected chi connectivity index (χ0v) is 25.0. The van der Waals surface area contributed by atoms with Crippen LogP contribution in [0.15, 0.2) is 114 Å². The lowest BCUT2D eigenvalue weighted by Gasteiger charge is -2.38. The van der Waals surface area contributed by atoms with E-state index in [1.807, 2.05) is 36.4 Å². The average Bonchev–Trinajstić information content (AvgIpc) is 3.03. The topological polar surface area (TPSA) is 84.9 Å². The van der Waals surface area contributed by atoms with Crippen LogP contribution in [0.25, 0.3) is 0 Å². The molecule has 1 aliphatic rings. The van der Waals surface area contributed by atoms with E-state index in [0.717, 1.165) is 16.7 Å². The van der Waals surface area contributed by atoms with Crippen LogP contribution in [-0.4, -0.2) is 22.8 Å². The lowest BCUT2D eigenvalue weighted by Crippen LogP contribution is -2.42. The molecule has 0 aromatic heterocycles. The summed E-state index contributed by atoms with van der Waals surface area (Å²) in [5.41, 5.74) is 2.93. The molecule has 1 unspecified atom stereocenters. The molecule has 45 heavy (non-hydrogen) atoms. The van der Waals surface area contributed by atoms with E-state index in [1.165, 1.54) is 24.3 Å². The average molecular weight is 612 g/mol. The minimum atomic E-state index is -1.01. The van der Waals surface area contributed by atoms with Crippen LogP contribution in [-0.2, 0) is 33.7 Å². The van der Waals surface area contributed by atoms with E-state index in [2.05, 4.69) is 5.32 Å². The van der Waals surface area contributed by atoms with Gasteiger partial charge in [-0.3, -0.25) is 5.32 Å². The molecule has 1 atom stereocenters. The molecular formula is C37H35F2NO5. The SMILES string of the molecule is CC(C1=C(O)CC(CCc2ccc(F)cc2)(CCc2ccc(F)cc2)OC1=O)c1cccc(NC(=O)OCc2ccccc2)c1. The number of aliphatic hydroxyl groups excluding tert-OH is 1. The summed E-state index contributed by atoms with van der Waals surface area (Å²) in [6.45, 7) is 1.92. The van der Waals surface area contributed by atoms with Gasteiger partial charge in [-0.1, -0.05) is 73.7 Å². The van der Waals surface area contributed by atoms with Crippen molar-refractivity contribution in [2.24, 2.45) is 0 Å². The van der Waals surface area contributed by atoms with Gasteiger partial charge in [-0.2, -0.15) is 0 Å². The fraction of sp³-hybridized carbons (Fsp3) is 0.243. The number of aryl methyl sites for hydroxylation is 2. The number of rotatable bonds is 11. The third-order valence-corrected chi connectivity index (χ3v) is 8.17. The number of nitrogens with one attached hydrogen (secondary N) is 1. The van der Waals surface area contributed by atoms with Crippen LogP contribution >= 0.6 is 0 Å². The van der Waals surface area contributed by atoms with E-state index in [9.17, 15) is 23.5 Å². The number of anilines is 1. The molecule has 5 rings (SSSR count). The van der Waals surface area contributed by atoms with Crippen molar-refractivity contribution < 1.29 is 33.0 Å². The molecule has 232 valence electrons. The predicted molar refractivity (Wildman–Crippen MR) is 168 cm³/mol. The highest BCUT2D eigenvalue weighted by atomic mass is 19.1. The van der Waals surface area contributed by atoms with Crippen LogP contribution in [0.5, 0.6) is 0 Å². The number of halogens is 2. The molecule has 4 aromatic carbocycles.